The number of amides is 2. The van der Waals surface area contributed by atoms with Crippen LogP contribution in [0, 0.1) is 11.7 Å². The molecule has 27 heavy (non-hydrogen) atoms. The van der Waals surface area contributed by atoms with E-state index in [0.717, 1.165) is 4.47 Å². The van der Waals surface area contributed by atoms with E-state index in [9.17, 15) is 14.0 Å². The van der Waals surface area contributed by atoms with E-state index in [1.165, 1.54) is 12.3 Å². The van der Waals surface area contributed by atoms with E-state index >= 15 is 0 Å². The first kappa shape index (κ1) is 20.6. The molecule has 6 nitrogen and oxygen atoms in total. The summed E-state index contributed by atoms with van der Waals surface area (Å²) in [6.45, 7) is 4.25. The molecule has 0 bridgehead atoms. The average molecular weight is 435 g/mol. The largest absolute Gasteiger partial charge is 0.353 e. The maximum absolute atomic E-state index is 13.9. The molecule has 0 aromatic heterocycles. The van der Waals surface area contributed by atoms with Crippen LogP contribution in [0.1, 0.15) is 19.4 Å². The summed E-state index contributed by atoms with van der Waals surface area (Å²) in [4.78, 5) is 23.4. The van der Waals surface area contributed by atoms with Gasteiger partial charge in [-0.3, -0.25) is 9.59 Å². The Hall–Kier alpha value is -2.74. The lowest BCUT2D eigenvalue weighted by Gasteiger charge is -2.11. The predicted octanol–water partition coefficient (Wildman–Crippen LogP) is 3.55. The number of hydrogen-bond donors (Lipinski definition) is 3. The number of anilines is 2. The van der Waals surface area contributed by atoms with Crippen LogP contribution in [0.3, 0.4) is 0 Å². The van der Waals surface area contributed by atoms with Crippen molar-refractivity contribution >= 4 is 45.3 Å². The summed E-state index contributed by atoms with van der Waals surface area (Å²) in [6.07, 6.45) is 1.38. The zero-order valence-corrected chi connectivity index (χ0v) is 16.5. The Balaban J connectivity index is 2.08. The molecule has 2 aromatic rings. The normalized spacial score (nSPS) is 10.9. The molecular formula is C19H20BrFN4O2. The second kappa shape index (κ2) is 9.82. The van der Waals surface area contributed by atoms with Crippen molar-refractivity contribution in [3.05, 3.63) is 58.3 Å². The first-order valence-corrected chi connectivity index (χ1v) is 9.08. The first-order chi connectivity index (χ1) is 12.9. The van der Waals surface area contributed by atoms with Gasteiger partial charge in [-0.15, -0.1) is 0 Å². The van der Waals surface area contributed by atoms with E-state index in [-0.39, 0.29) is 5.92 Å². The molecule has 0 spiro atoms. The molecule has 0 fully saturated rings. The molecule has 0 unspecified atom stereocenters. The van der Waals surface area contributed by atoms with Crippen LogP contribution in [-0.2, 0) is 9.59 Å². The summed E-state index contributed by atoms with van der Waals surface area (Å²) in [5, 5.41) is 9.30. The third kappa shape index (κ3) is 6.49. The van der Waals surface area contributed by atoms with E-state index < -0.39 is 17.6 Å². The summed E-state index contributed by atoms with van der Waals surface area (Å²) >= 11 is 3.36. The molecule has 2 rings (SSSR count). The van der Waals surface area contributed by atoms with Gasteiger partial charge in [0.15, 0.2) is 0 Å². The number of halogens is 2. The molecule has 0 saturated heterocycles. The Bertz CT molecular complexity index is 855. The Kier molecular flexibility index (Phi) is 7.48. The number of hydrazone groups is 1. The highest BCUT2D eigenvalue weighted by molar-refractivity contribution is 9.10. The van der Waals surface area contributed by atoms with Gasteiger partial charge < -0.3 is 10.6 Å². The maximum Gasteiger partial charge on any atom is 0.329 e. The standard InChI is InChI=1S/C19H20BrFN4O2/c1-12(2)10-22-18(26)19(27)25-23-11-13-9-14(20)7-8-16(13)24-17-6-4-3-5-15(17)21/h3-9,11-12,24H,10H2,1-2H3,(H,22,26)(H,25,27)/b23-11-. The number of benzene rings is 2. The van der Waals surface area contributed by atoms with Crippen molar-refractivity contribution in [1.29, 1.82) is 0 Å². The zero-order valence-electron chi connectivity index (χ0n) is 14.9. The predicted molar refractivity (Wildman–Crippen MR) is 107 cm³/mol. The quantitative estimate of drug-likeness (QED) is 0.369. The van der Waals surface area contributed by atoms with Crippen LogP contribution in [0.5, 0.6) is 0 Å². The van der Waals surface area contributed by atoms with Crippen molar-refractivity contribution in [2.24, 2.45) is 11.0 Å². The van der Waals surface area contributed by atoms with Crippen LogP contribution in [0.4, 0.5) is 15.8 Å². The monoisotopic (exact) mass is 434 g/mol. The number of carbonyl (C=O) groups excluding carboxylic acids is 2. The highest BCUT2D eigenvalue weighted by Gasteiger charge is 2.12. The van der Waals surface area contributed by atoms with Gasteiger partial charge in [0.25, 0.3) is 0 Å². The lowest BCUT2D eigenvalue weighted by Crippen LogP contribution is -2.39. The SMILES string of the molecule is CC(C)CNC(=O)C(=O)N/N=C\c1cc(Br)ccc1Nc1ccccc1F. The van der Waals surface area contributed by atoms with Crippen LogP contribution < -0.4 is 16.1 Å². The number of nitrogens with zero attached hydrogens (tertiary/aromatic N) is 1. The van der Waals surface area contributed by atoms with Gasteiger partial charge in [-0.25, -0.2) is 9.82 Å². The van der Waals surface area contributed by atoms with E-state index in [4.69, 9.17) is 0 Å². The molecule has 8 heteroatoms. The third-order valence-electron chi connectivity index (χ3n) is 3.40. The van der Waals surface area contributed by atoms with Gasteiger partial charge in [-0.05, 0) is 36.2 Å². The van der Waals surface area contributed by atoms with E-state index in [2.05, 4.69) is 37.1 Å². The molecule has 3 N–H and O–H groups in total. The smallest absolute Gasteiger partial charge is 0.329 e. The third-order valence-corrected chi connectivity index (χ3v) is 3.90. The fourth-order valence-electron chi connectivity index (χ4n) is 2.05. The molecule has 0 saturated carbocycles. The highest BCUT2D eigenvalue weighted by Crippen LogP contribution is 2.24. The fourth-order valence-corrected chi connectivity index (χ4v) is 2.43. The molecule has 0 heterocycles. The average Bonchev–Trinajstić information content (AvgIpc) is 2.63. The van der Waals surface area contributed by atoms with E-state index in [1.54, 1.807) is 36.4 Å². The maximum atomic E-state index is 13.9. The Labute approximate surface area is 165 Å². The molecule has 2 amide bonds. The molecule has 2 aromatic carbocycles. The van der Waals surface area contributed by atoms with Crippen molar-refractivity contribution in [3.63, 3.8) is 0 Å². The van der Waals surface area contributed by atoms with Gasteiger partial charge in [-0.2, -0.15) is 5.10 Å². The summed E-state index contributed by atoms with van der Waals surface area (Å²) in [5.74, 6) is -1.76. The van der Waals surface area contributed by atoms with Gasteiger partial charge in [0, 0.05) is 22.3 Å². The zero-order chi connectivity index (χ0) is 19.8. The van der Waals surface area contributed by atoms with Crippen LogP contribution in [-0.4, -0.2) is 24.6 Å². The second-order valence-electron chi connectivity index (χ2n) is 6.14. The Morgan fingerprint density at radius 2 is 1.89 bits per heavy atom. The summed E-state index contributed by atoms with van der Waals surface area (Å²) < 4.78 is 14.6. The van der Waals surface area contributed by atoms with Crippen molar-refractivity contribution in [2.45, 2.75) is 13.8 Å². The van der Waals surface area contributed by atoms with Gasteiger partial charge in [0.1, 0.15) is 5.82 Å². The molecule has 0 atom stereocenters. The number of carbonyl (C=O) groups is 2. The van der Waals surface area contributed by atoms with Gasteiger partial charge in [-0.1, -0.05) is 41.9 Å². The van der Waals surface area contributed by atoms with E-state index in [1.807, 2.05) is 13.8 Å². The molecule has 142 valence electrons. The van der Waals surface area contributed by atoms with E-state index in [0.29, 0.717) is 23.5 Å². The van der Waals surface area contributed by atoms with Gasteiger partial charge in [0.05, 0.1) is 11.9 Å². The van der Waals surface area contributed by atoms with Crippen molar-refractivity contribution < 1.29 is 14.0 Å². The lowest BCUT2D eigenvalue weighted by atomic mass is 10.2. The summed E-state index contributed by atoms with van der Waals surface area (Å²) in [7, 11) is 0. The minimum absolute atomic E-state index is 0.235. The van der Waals surface area contributed by atoms with Crippen LogP contribution >= 0.6 is 15.9 Å². The Morgan fingerprint density at radius 3 is 2.59 bits per heavy atom. The number of rotatable bonds is 6. The minimum atomic E-state index is -0.856. The molecule has 0 aliphatic heterocycles. The fraction of sp³-hybridized carbons (Fsp3) is 0.211. The molecule has 0 aliphatic rings. The van der Waals surface area contributed by atoms with Crippen molar-refractivity contribution in [1.82, 2.24) is 10.7 Å². The highest BCUT2D eigenvalue weighted by atomic mass is 79.9. The topological polar surface area (TPSA) is 82.6 Å². The Morgan fingerprint density at radius 1 is 1.15 bits per heavy atom. The first-order valence-electron chi connectivity index (χ1n) is 8.29. The summed E-state index contributed by atoms with van der Waals surface area (Å²) in [5.41, 5.74) is 3.67. The van der Waals surface area contributed by atoms with Crippen LogP contribution in [0.15, 0.2) is 52.0 Å². The number of hydrogen-bond acceptors (Lipinski definition) is 4. The second-order valence-corrected chi connectivity index (χ2v) is 7.06. The molecule has 0 radical (unpaired) electrons. The van der Waals surface area contributed by atoms with Crippen molar-refractivity contribution in [2.75, 3.05) is 11.9 Å². The van der Waals surface area contributed by atoms with Crippen LogP contribution in [0.2, 0.25) is 0 Å². The molecule has 0 aliphatic carbocycles. The van der Waals surface area contributed by atoms with Gasteiger partial charge >= 0.3 is 11.8 Å². The van der Waals surface area contributed by atoms with Gasteiger partial charge in [0.2, 0.25) is 0 Å². The van der Waals surface area contributed by atoms with Crippen LogP contribution in [0.25, 0.3) is 0 Å². The summed E-state index contributed by atoms with van der Waals surface area (Å²) in [6, 6.07) is 11.6. The lowest BCUT2D eigenvalue weighted by molar-refractivity contribution is -0.139. The number of nitrogens with one attached hydrogen (secondary N) is 3. The minimum Gasteiger partial charge on any atom is -0.353 e. The van der Waals surface area contributed by atoms with Crippen molar-refractivity contribution in [3.8, 4) is 0 Å². The molecular weight excluding hydrogens is 415 g/mol. The number of para-hydroxylation sites is 1.